The molecule has 0 bridgehead atoms. The molecule has 30 heavy (non-hydrogen) atoms. The van der Waals surface area contributed by atoms with Gasteiger partial charge in [0, 0.05) is 5.69 Å². The van der Waals surface area contributed by atoms with Gasteiger partial charge in [-0.15, -0.1) is 0 Å². The Morgan fingerprint density at radius 2 is 1.73 bits per heavy atom. The third-order valence-corrected chi connectivity index (χ3v) is 4.87. The van der Waals surface area contributed by atoms with E-state index < -0.39 is 17.9 Å². The van der Waals surface area contributed by atoms with Crippen LogP contribution in [-0.4, -0.2) is 31.6 Å². The zero-order chi connectivity index (χ0) is 21.1. The smallest absolute Gasteiger partial charge is 0.305 e. The van der Waals surface area contributed by atoms with Crippen molar-refractivity contribution in [3.8, 4) is 5.75 Å². The highest BCUT2D eigenvalue weighted by Crippen LogP contribution is 2.28. The number of fused-ring (bicyclic) bond motifs is 1. The minimum Gasteiger partial charge on any atom is -0.507 e. The fourth-order valence-corrected chi connectivity index (χ4v) is 3.44. The van der Waals surface area contributed by atoms with Gasteiger partial charge in [-0.1, -0.05) is 42.5 Å². The Kier molecular flexibility index (Phi) is 5.17. The molecular formula is C23H19N3O4. The van der Waals surface area contributed by atoms with Crippen molar-refractivity contribution in [3.63, 3.8) is 0 Å². The normalized spacial score (nSPS) is 11.9. The Hall–Kier alpha value is -4.13. The maximum Gasteiger partial charge on any atom is 0.305 e. The largest absolute Gasteiger partial charge is 0.507 e. The number of nitrogens with zero attached hydrogens (tertiary/aromatic N) is 2. The number of anilines is 1. The number of rotatable bonds is 6. The van der Waals surface area contributed by atoms with E-state index in [0.29, 0.717) is 11.2 Å². The standard InChI is InChI=1S/C23H19N3O4/c27-21-9-5-4-8-17(21)23(30)25-16-10-11-19-18(12-16)24-14-26(19)20(13-22(28)29)15-6-2-1-3-7-15/h1-12,14,20,27H,13H2,(H,25,30)(H,28,29). The molecule has 3 aromatic carbocycles. The first-order valence-electron chi connectivity index (χ1n) is 9.35. The van der Waals surface area contributed by atoms with Gasteiger partial charge in [0.05, 0.1) is 35.4 Å². The molecule has 0 aliphatic carbocycles. The number of carbonyl (C=O) groups excluding carboxylic acids is 1. The van der Waals surface area contributed by atoms with Gasteiger partial charge in [0.1, 0.15) is 5.75 Å². The first-order chi connectivity index (χ1) is 14.5. The maximum absolute atomic E-state index is 12.4. The number of carboxylic acids is 1. The number of carbonyl (C=O) groups is 2. The molecule has 1 aromatic heterocycles. The molecule has 0 radical (unpaired) electrons. The van der Waals surface area contributed by atoms with Crippen molar-refractivity contribution in [2.45, 2.75) is 12.5 Å². The lowest BCUT2D eigenvalue weighted by Crippen LogP contribution is -2.14. The predicted octanol–water partition coefficient (Wildman–Crippen LogP) is 4.06. The van der Waals surface area contributed by atoms with E-state index in [1.807, 2.05) is 34.9 Å². The van der Waals surface area contributed by atoms with Crippen LogP contribution in [0.1, 0.15) is 28.4 Å². The monoisotopic (exact) mass is 401 g/mol. The van der Waals surface area contributed by atoms with Crippen molar-refractivity contribution in [2.24, 2.45) is 0 Å². The lowest BCUT2D eigenvalue weighted by atomic mass is 10.0. The SMILES string of the molecule is O=C(O)CC(c1ccccc1)n1cnc2cc(NC(=O)c3ccccc3O)ccc21. The van der Waals surface area contributed by atoms with E-state index in [9.17, 15) is 19.8 Å². The van der Waals surface area contributed by atoms with Gasteiger partial charge in [0.25, 0.3) is 5.91 Å². The molecule has 4 aromatic rings. The van der Waals surface area contributed by atoms with E-state index >= 15 is 0 Å². The van der Waals surface area contributed by atoms with E-state index in [4.69, 9.17) is 0 Å². The number of phenols is 1. The first kappa shape index (κ1) is 19.2. The summed E-state index contributed by atoms with van der Waals surface area (Å²) in [4.78, 5) is 28.3. The Labute approximate surface area is 172 Å². The molecule has 150 valence electrons. The molecule has 4 rings (SSSR count). The third-order valence-electron chi connectivity index (χ3n) is 4.87. The van der Waals surface area contributed by atoms with Crippen LogP contribution < -0.4 is 5.32 Å². The molecule has 1 heterocycles. The quantitative estimate of drug-likeness (QED) is 0.452. The van der Waals surface area contributed by atoms with Crippen molar-refractivity contribution in [1.82, 2.24) is 9.55 Å². The van der Waals surface area contributed by atoms with Crippen LogP contribution in [0.15, 0.2) is 79.1 Å². The summed E-state index contributed by atoms with van der Waals surface area (Å²) in [6.45, 7) is 0. The van der Waals surface area contributed by atoms with Gasteiger partial charge in [-0.2, -0.15) is 0 Å². The Morgan fingerprint density at radius 1 is 1.00 bits per heavy atom. The summed E-state index contributed by atoms with van der Waals surface area (Å²) in [5.41, 5.74) is 2.95. The third kappa shape index (κ3) is 3.86. The molecule has 1 atom stereocenters. The zero-order valence-corrected chi connectivity index (χ0v) is 15.9. The number of aliphatic carboxylic acids is 1. The molecule has 7 heteroatoms. The molecule has 3 N–H and O–H groups in total. The average Bonchev–Trinajstić information content (AvgIpc) is 3.16. The van der Waals surface area contributed by atoms with Crippen LogP contribution in [0, 0.1) is 0 Å². The minimum absolute atomic E-state index is 0.0821. The highest BCUT2D eigenvalue weighted by molar-refractivity contribution is 6.06. The second-order valence-corrected chi connectivity index (χ2v) is 6.85. The Bertz CT molecular complexity index is 1220. The van der Waals surface area contributed by atoms with Gasteiger partial charge < -0.3 is 20.1 Å². The molecule has 0 fully saturated rings. The van der Waals surface area contributed by atoms with Gasteiger partial charge in [-0.3, -0.25) is 9.59 Å². The number of carboxylic acid groups (broad SMARTS) is 1. The van der Waals surface area contributed by atoms with Crippen molar-refractivity contribution in [3.05, 3.63) is 90.3 Å². The van der Waals surface area contributed by atoms with Crippen LogP contribution in [0.4, 0.5) is 5.69 Å². The topological polar surface area (TPSA) is 104 Å². The Morgan fingerprint density at radius 3 is 2.47 bits per heavy atom. The second-order valence-electron chi connectivity index (χ2n) is 6.85. The molecule has 1 unspecified atom stereocenters. The number of hydrogen-bond donors (Lipinski definition) is 3. The molecule has 1 amide bonds. The molecule has 0 spiro atoms. The zero-order valence-electron chi connectivity index (χ0n) is 15.9. The molecule has 0 saturated heterocycles. The summed E-state index contributed by atoms with van der Waals surface area (Å²) in [7, 11) is 0. The number of benzene rings is 3. The highest BCUT2D eigenvalue weighted by Gasteiger charge is 2.20. The van der Waals surface area contributed by atoms with Crippen LogP contribution in [0.5, 0.6) is 5.75 Å². The molecule has 0 saturated carbocycles. The second kappa shape index (κ2) is 8.08. The first-order valence-corrected chi connectivity index (χ1v) is 9.35. The fraction of sp³-hybridized carbons (Fsp3) is 0.0870. The van der Waals surface area contributed by atoms with Crippen molar-refractivity contribution in [2.75, 3.05) is 5.32 Å². The van der Waals surface area contributed by atoms with Crippen LogP contribution in [0.3, 0.4) is 0 Å². The molecular weight excluding hydrogens is 382 g/mol. The number of nitrogens with one attached hydrogen (secondary N) is 1. The number of aromatic hydroxyl groups is 1. The fourth-order valence-electron chi connectivity index (χ4n) is 3.44. The van der Waals surface area contributed by atoms with Crippen LogP contribution in [0.2, 0.25) is 0 Å². The average molecular weight is 401 g/mol. The van der Waals surface area contributed by atoms with E-state index in [2.05, 4.69) is 10.3 Å². The van der Waals surface area contributed by atoms with Gasteiger partial charge in [0.2, 0.25) is 0 Å². The van der Waals surface area contributed by atoms with Crippen molar-refractivity contribution < 1.29 is 19.8 Å². The Balaban J connectivity index is 1.65. The van der Waals surface area contributed by atoms with Crippen LogP contribution in [0.25, 0.3) is 11.0 Å². The predicted molar refractivity (Wildman–Crippen MR) is 113 cm³/mol. The molecule has 0 aliphatic heterocycles. The van der Waals surface area contributed by atoms with Gasteiger partial charge in [0.15, 0.2) is 0 Å². The van der Waals surface area contributed by atoms with E-state index in [-0.39, 0.29) is 17.7 Å². The number of imidazole rings is 1. The summed E-state index contributed by atoms with van der Waals surface area (Å²) in [6.07, 6.45) is 1.53. The van der Waals surface area contributed by atoms with E-state index in [0.717, 1.165) is 11.1 Å². The maximum atomic E-state index is 12.4. The van der Waals surface area contributed by atoms with Crippen molar-refractivity contribution in [1.29, 1.82) is 0 Å². The highest BCUT2D eigenvalue weighted by atomic mass is 16.4. The van der Waals surface area contributed by atoms with Crippen LogP contribution in [-0.2, 0) is 4.79 Å². The molecule has 7 nitrogen and oxygen atoms in total. The summed E-state index contributed by atoms with van der Waals surface area (Å²) < 4.78 is 1.83. The summed E-state index contributed by atoms with van der Waals surface area (Å²) in [5.74, 6) is -1.43. The lowest BCUT2D eigenvalue weighted by molar-refractivity contribution is -0.137. The summed E-state index contributed by atoms with van der Waals surface area (Å²) in [6, 6.07) is 20.5. The van der Waals surface area contributed by atoms with Crippen molar-refractivity contribution >= 4 is 28.6 Å². The minimum atomic E-state index is -0.905. The lowest BCUT2D eigenvalue weighted by Gasteiger charge is -2.18. The van der Waals surface area contributed by atoms with Gasteiger partial charge in [-0.25, -0.2) is 4.98 Å². The van der Waals surface area contributed by atoms with Gasteiger partial charge in [-0.05, 0) is 35.9 Å². The van der Waals surface area contributed by atoms with Crippen LogP contribution >= 0.6 is 0 Å². The number of para-hydroxylation sites is 1. The van der Waals surface area contributed by atoms with E-state index in [1.165, 1.54) is 12.1 Å². The number of phenolic OH excluding ortho intramolecular Hbond substituents is 1. The summed E-state index contributed by atoms with van der Waals surface area (Å²) in [5, 5.41) is 22.0. The number of hydrogen-bond acceptors (Lipinski definition) is 4. The van der Waals surface area contributed by atoms with Gasteiger partial charge >= 0.3 is 5.97 Å². The number of amides is 1. The number of aromatic nitrogens is 2. The van der Waals surface area contributed by atoms with E-state index in [1.54, 1.807) is 36.7 Å². The molecule has 0 aliphatic rings. The summed E-state index contributed by atoms with van der Waals surface area (Å²) >= 11 is 0.